The Kier molecular flexibility index (Phi) is 4.30. The average Bonchev–Trinajstić information content (AvgIpc) is 2.74. The highest BCUT2D eigenvalue weighted by Gasteiger charge is 2.28. The zero-order valence-electron chi connectivity index (χ0n) is 11.9. The van der Waals surface area contributed by atoms with Gasteiger partial charge in [0, 0.05) is 18.8 Å². The molecular weight excluding hydrogens is 262 g/mol. The lowest BCUT2D eigenvalue weighted by atomic mass is 9.87. The van der Waals surface area contributed by atoms with E-state index in [9.17, 15) is 8.42 Å². The van der Waals surface area contributed by atoms with Gasteiger partial charge in [-0.25, -0.2) is 13.1 Å². The Labute approximate surface area is 115 Å². The Morgan fingerprint density at radius 1 is 1.42 bits per heavy atom. The molecule has 0 spiro atoms. The largest absolute Gasteiger partial charge is 0.271 e. The van der Waals surface area contributed by atoms with Crippen LogP contribution in [0.1, 0.15) is 45.2 Å². The van der Waals surface area contributed by atoms with E-state index < -0.39 is 10.0 Å². The molecule has 0 saturated heterocycles. The summed E-state index contributed by atoms with van der Waals surface area (Å²) in [6.45, 7) is 6.48. The number of nitrogens with one attached hydrogen (secondary N) is 1. The zero-order chi connectivity index (χ0) is 14.0. The molecule has 1 heterocycles. The van der Waals surface area contributed by atoms with Gasteiger partial charge in [-0.2, -0.15) is 5.10 Å². The van der Waals surface area contributed by atoms with Gasteiger partial charge < -0.3 is 0 Å². The minimum Gasteiger partial charge on any atom is -0.271 e. The van der Waals surface area contributed by atoms with Gasteiger partial charge in [-0.1, -0.05) is 19.8 Å². The minimum absolute atomic E-state index is 0.0585. The average molecular weight is 285 g/mol. The van der Waals surface area contributed by atoms with Crippen molar-refractivity contribution < 1.29 is 8.42 Å². The summed E-state index contributed by atoms with van der Waals surface area (Å²) in [4.78, 5) is 0.312. The number of nitrogens with zero attached hydrogens (tertiary/aromatic N) is 2. The third kappa shape index (κ3) is 3.17. The van der Waals surface area contributed by atoms with Crippen LogP contribution < -0.4 is 4.72 Å². The molecule has 1 fully saturated rings. The van der Waals surface area contributed by atoms with Crippen molar-refractivity contribution in [2.75, 3.05) is 0 Å². The van der Waals surface area contributed by atoms with E-state index in [4.69, 9.17) is 0 Å². The number of rotatable bonds is 4. The summed E-state index contributed by atoms with van der Waals surface area (Å²) < 4.78 is 29.4. The molecule has 1 aliphatic carbocycles. The molecule has 6 heteroatoms. The van der Waals surface area contributed by atoms with Crippen LogP contribution in [0.2, 0.25) is 0 Å². The number of hydrogen-bond donors (Lipinski definition) is 1. The summed E-state index contributed by atoms with van der Waals surface area (Å²) in [6.07, 6.45) is 5.95. The van der Waals surface area contributed by atoms with Crippen LogP contribution >= 0.6 is 0 Å². The molecule has 108 valence electrons. The fraction of sp³-hybridized carbons (Fsp3) is 0.769. The van der Waals surface area contributed by atoms with Crippen LogP contribution in [0.15, 0.2) is 11.1 Å². The summed E-state index contributed by atoms with van der Waals surface area (Å²) in [7, 11) is -3.45. The molecule has 0 bridgehead atoms. The van der Waals surface area contributed by atoms with Gasteiger partial charge in [-0.3, -0.25) is 4.68 Å². The Bertz CT molecular complexity index is 536. The van der Waals surface area contributed by atoms with Crippen LogP contribution in [0.4, 0.5) is 0 Å². The van der Waals surface area contributed by atoms with E-state index in [0.717, 1.165) is 19.3 Å². The van der Waals surface area contributed by atoms with Crippen LogP contribution in [0.3, 0.4) is 0 Å². The highest BCUT2D eigenvalue weighted by atomic mass is 32.2. The second kappa shape index (κ2) is 5.63. The van der Waals surface area contributed by atoms with Crippen molar-refractivity contribution >= 4 is 10.0 Å². The standard InChI is InChI=1S/C13H23N3O2S/c1-4-16-9-13(11(3)14-16)19(17,18)15-12-8-6-5-7-10(12)2/h9-10,12,15H,4-8H2,1-3H3. The maximum absolute atomic E-state index is 12.4. The fourth-order valence-corrected chi connectivity index (χ4v) is 4.25. The minimum atomic E-state index is -3.45. The molecule has 0 aromatic carbocycles. The number of sulfonamides is 1. The fourth-order valence-electron chi connectivity index (χ4n) is 2.68. The predicted molar refractivity (Wildman–Crippen MR) is 74.4 cm³/mol. The molecule has 1 N–H and O–H groups in total. The normalized spacial score (nSPS) is 24.6. The molecule has 0 amide bonds. The molecule has 19 heavy (non-hydrogen) atoms. The molecule has 0 radical (unpaired) electrons. The van der Waals surface area contributed by atoms with E-state index >= 15 is 0 Å². The van der Waals surface area contributed by atoms with Gasteiger partial charge in [-0.05, 0) is 32.6 Å². The van der Waals surface area contributed by atoms with Gasteiger partial charge in [0.2, 0.25) is 10.0 Å². The van der Waals surface area contributed by atoms with Gasteiger partial charge in [0.15, 0.2) is 0 Å². The van der Waals surface area contributed by atoms with Crippen molar-refractivity contribution in [3.05, 3.63) is 11.9 Å². The van der Waals surface area contributed by atoms with Gasteiger partial charge in [-0.15, -0.1) is 0 Å². The van der Waals surface area contributed by atoms with Crippen molar-refractivity contribution in [2.45, 2.75) is 63.9 Å². The van der Waals surface area contributed by atoms with E-state index in [1.807, 2.05) is 6.92 Å². The van der Waals surface area contributed by atoms with Crippen LogP contribution in [0, 0.1) is 12.8 Å². The third-order valence-corrected chi connectivity index (χ3v) is 5.53. The van der Waals surface area contributed by atoms with Crippen molar-refractivity contribution in [3.63, 3.8) is 0 Å². The lowest BCUT2D eigenvalue weighted by molar-refractivity contribution is 0.310. The molecule has 1 aromatic rings. The molecule has 2 rings (SSSR count). The van der Waals surface area contributed by atoms with E-state index in [1.54, 1.807) is 17.8 Å². The first kappa shape index (κ1) is 14.5. The lowest BCUT2D eigenvalue weighted by Crippen LogP contribution is -2.41. The molecule has 2 unspecified atom stereocenters. The summed E-state index contributed by atoms with van der Waals surface area (Å²) >= 11 is 0. The van der Waals surface area contributed by atoms with Crippen molar-refractivity contribution in [1.82, 2.24) is 14.5 Å². The number of aryl methyl sites for hydroxylation is 2. The Hall–Kier alpha value is -0.880. The summed E-state index contributed by atoms with van der Waals surface area (Å²) in [5, 5.41) is 4.21. The highest BCUT2D eigenvalue weighted by Crippen LogP contribution is 2.25. The maximum Gasteiger partial charge on any atom is 0.244 e. The van der Waals surface area contributed by atoms with Crippen molar-refractivity contribution in [3.8, 4) is 0 Å². The second-order valence-corrected chi connectivity index (χ2v) is 7.11. The topological polar surface area (TPSA) is 64.0 Å². The van der Waals surface area contributed by atoms with Crippen LogP contribution in [0.5, 0.6) is 0 Å². The van der Waals surface area contributed by atoms with Crippen molar-refractivity contribution in [2.24, 2.45) is 5.92 Å². The van der Waals surface area contributed by atoms with Gasteiger partial charge >= 0.3 is 0 Å². The number of hydrogen-bond acceptors (Lipinski definition) is 3. The monoisotopic (exact) mass is 285 g/mol. The first-order valence-electron chi connectivity index (χ1n) is 7.00. The smallest absolute Gasteiger partial charge is 0.244 e. The summed E-state index contributed by atoms with van der Waals surface area (Å²) in [6, 6.07) is 0.0585. The van der Waals surface area contributed by atoms with E-state index in [2.05, 4.69) is 16.7 Å². The van der Waals surface area contributed by atoms with Crippen LogP contribution in [0.25, 0.3) is 0 Å². The number of aromatic nitrogens is 2. The predicted octanol–water partition coefficient (Wildman–Crippen LogP) is 2.07. The van der Waals surface area contributed by atoms with E-state index in [-0.39, 0.29) is 6.04 Å². The van der Waals surface area contributed by atoms with E-state index in [0.29, 0.717) is 23.1 Å². The van der Waals surface area contributed by atoms with Gasteiger partial charge in [0.1, 0.15) is 4.90 Å². The quantitative estimate of drug-likeness (QED) is 0.921. The van der Waals surface area contributed by atoms with Crippen LogP contribution in [-0.2, 0) is 16.6 Å². The summed E-state index contributed by atoms with van der Waals surface area (Å²) in [5.41, 5.74) is 0.567. The Morgan fingerprint density at radius 3 is 2.68 bits per heavy atom. The molecular formula is C13H23N3O2S. The van der Waals surface area contributed by atoms with E-state index in [1.165, 1.54) is 6.42 Å². The Morgan fingerprint density at radius 2 is 2.11 bits per heavy atom. The molecule has 5 nitrogen and oxygen atoms in total. The van der Waals surface area contributed by atoms with Gasteiger partial charge in [0.25, 0.3) is 0 Å². The van der Waals surface area contributed by atoms with Crippen LogP contribution in [-0.4, -0.2) is 24.2 Å². The maximum atomic E-state index is 12.4. The van der Waals surface area contributed by atoms with Gasteiger partial charge in [0.05, 0.1) is 5.69 Å². The van der Waals surface area contributed by atoms with Crippen molar-refractivity contribution in [1.29, 1.82) is 0 Å². The second-order valence-electron chi connectivity index (χ2n) is 5.42. The SMILES string of the molecule is CCn1cc(S(=O)(=O)NC2CCCCC2C)c(C)n1. The zero-order valence-corrected chi connectivity index (χ0v) is 12.7. The molecule has 2 atom stereocenters. The first-order chi connectivity index (χ1) is 8.94. The lowest BCUT2D eigenvalue weighted by Gasteiger charge is -2.29. The molecule has 1 saturated carbocycles. The first-order valence-corrected chi connectivity index (χ1v) is 8.48. The summed E-state index contributed by atoms with van der Waals surface area (Å²) in [5.74, 6) is 0.407. The molecule has 1 aliphatic rings. The highest BCUT2D eigenvalue weighted by molar-refractivity contribution is 7.89. The molecule has 0 aliphatic heterocycles. The third-order valence-electron chi connectivity index (χ3n) is 3.93. The Balaban J connectivity index is 2.19. The molecule has 1 aromatic heterocycles.